The maximum atomic E-state index is 13.4. The third-order valence-corrected chi connectivity index (χ3v) is 3.31. The van der Waals surface area contributed by atoms with Crippen LogP contribution in [0.25, 0.3) is 11.3 Å². The maximum absolute atomic E-state index is 13.4. The average molecular weight is 294 g/mol. The molecular formula is C14H13BrFN. The van der Waals surface area contributed by atoms with Gasteiger partial charge in [0.25, 0.3) is 0 Å². The highest BCUT2D eigenvalue weighted by Crippen LogP contribution is 2.26. The number of rotatable bonds is 2. The van der Waals surface area contributed by atoms with Crippen molar-refractivity contribution < 1.29 is 4.39 Å². The molecule has 0 fully saturated rings. The van der Waals surface area contributed by atoms with Crippen LogP contribution in [-0.2, 0) is 5.33 Å². The fourth-order valence-electron chi connectivity index (χ4n) is 1.94. The molecule has 0 aliphatic carbocycles. The van der Waals surface area contributed by atoms with Crippen molar-refractivity contribution in [2.45, 2.75) is 19.2 Å². The van der Waals surface area contributed by atoms with Gasteiger partial charge >= 0.3 is 0 Å². The standard InChI is InChI=1S/C14H13BrFN/c1-9-4-3-5-10(2)14(9)12-7-6-11(16)13(8-15)17-12/h3-7H,8H2,1-2H3. The van der Waals surface area contributed by atoms with Crippen molar-refractivity contribution in [1.29, 1.82) is 0 Å². The van der Waals surface area contributed by atoms with Crippen molar-refractivity contribution in [3.8, 4) is 11.3 Å². The number of benzene rings is 1. The summed E-state index contributed by atoms with van der Waals surface area (Å²) in [7, 11) is 0. The van der Waals surface area contributed by atoms with Crippen LogP contribution in [-0.4, -0.2) is 4.98 Å². The second-order valence-corrected chi connectivity index (χ2v) is 4.59. The SMILES string of the molecule is Cc1cccc(C)c1-c1ccc(F)c(CBr)n1. The molecule has 0 N–H and O–H groups in total. The number of aryl methyl sites for hydroxylation is 2. The van der Waals surface area contributed by atoms with Crippen molar-refractivity contribution in [3.63, 3.8) is 0 Å². The van der Waals surface area contributed by atoms with E-state index in [1.807, 2.05) is 32.0 Å². The van der Waals surface area contributed by atoms with Crippen LogP contribution in [0.1, 0.15) is 16.8 Å². The molecule has 0 aliphatic heterocycles. The molecule has 3 heteroatoms. The van der Waals surface area contributed by atoms with Crippen LogP contribution < -0.4 is 0 Å². The summed E-state index contributed by atoms with van der Waals surface area (Å²) in [4.78, 5) is 4.36. The van der Waals surface area contributed by atoms with Gasteiger partial charge in [0, 0.05) is 10.9 Å². The number of hydrogen-bond donors (Lipinski definition) is 0. The van der Waals surface area contributed by atoms with Crippen LogP contribution in [0.3, 0.4) is 0 Å². The quantitative estimate of drug-likeness (QED) is 0.748. The Kier molecular flexibility index (Phi) is 3.57. The largest absolute Gasteiger partial charge is 0.249 e. The van der Waals surface area contributed by atoms with Gasteiger partial charge in [-0.2, -0.15) is 0 Å². The van der Waals surface area contributed by atoms with E-state index in [1.54, 1.807) is 6.07 Å². The lowest BCUT2D eigenvalue weighted by atomic mass is 9.99. The molecule has 0 saturated heterocycles. The zero-order chi connectivity index (χ0) is 12.4. The lowest BCUT2D eigenvalue weighted by molar-refractivity contribution is 0.609. The molecule has 0 unspecified atom stereocenters. The Labute approximate surface area is 109 Å². The molecule has 0 radical (unpaired) electrons. The Morgan fingerprint density at radius 1 is 1.12 bits per heavy atom. The van der Waals surface area contributed by atoms with Gasteiger partial charge in [-0.3, -0.25) is 0 Å². The lowest BCUT2D eigenvalue weighted by Crippen LogP contribution is -1.96. The third kappa shape index (κ3) is 2.39. The molecule has 1 aromatic heterocycles. The molecule has 17 heavy (non-hydrogen) atoms. The number of aromatic nitrogens is 1. The summed E-state index contributed by atoms with van der Waals surface area (Å²) in [6, 6.07) is 9.31. The Balaban J connectivity index is 2.61. The van der Waals surface area contributed by atoms with Crippen molar-refractivity contribution in [3.05, 3.63) is 53.0 Å². The summed E-state index contributed by atoms with van der Waals surface area (Å²) in [6.45, 7) is 4.09. The van der Waals surface area contributed by atoms with Crippen molar-refractivity contribution >= 4 is 15.9 Å². The lowest BCUT2D eigenvalue weighted by Gasteiger charge is -2.10. The zero-order valence-corrected chi connectivity index (χ0v) is 11.4. The highest BCUT2D eigenvalue weighted by Gasteiger charge is 2.09. The van der Waals surface area contributed by atoms with Gasteiger partial charge in [-0.1, -0.05) is 34.1 Å². The van der Waals surface area contributed by atoms with E-state index in [4.69, 9.17) is 0 Å². The predicted molar refractivity (Wildman–Crippen MR) is 71.7 cm³/mol. The summed E-state index contributed by atoms with van der Waals surface area (Å²) in [5, 5.41) is 0.428. The van der Waals surface area contributed by atoms with E-state index < -0.39 is 0 Å². The minimum Gasteiger partial charge on any atom is -0.249 e. The number of hydrogen-bond acceptors (Lipinski definition) is 1. The highest BCUT2D eigenvalue weighted by molar-refractivity contribution is 9.08. The maximum Gasteiger partial charge on any atom is 0.145 e. The van der Waals surface area contributed by atoms with Crippen LogP contribution in [0, 0.1) is 19.7 Å². The van der Waals surface area contributed by atoms with Crippen LogP contribution >= 0.6 is 15.9 Å². The minimum absolute atomic E-state index is 0.267. The summed E-state index contributed by atoms with van der Waals surface area (Å²) in [6.07, 6.45) is 0. The molecule has 88 valence electrons. The molecular weight excluding hydrogens is 281 g/mol. The first-order valence-electron chi connectivity index (χ1n) is 5.41. The molecule has 1 aromatic carbocycles. The van der Waals surface area contributed by atoms with E-state index in [0.29, 0.717) is 11.0 Å². The molecule has 1 heterocycles. The first-order chi connectivity index (χ1) is 8.13. The summed E-state index contributed by atoms with van der Waals surface area (Å²) < 4.78 is 13.4. The second kappa shape index (κ2) is 4.96. The smallest absolute Gasteiger partial charge is 0.145 e. The van der Waals surface area contributed by atoms with Gasteiger partial charge in [-0.25, -0.2) is 9.37 Å². The molecule has 0 spiro atoms. The van der Waals surface area contributed by atoms with E-state index in [2.05, 4.69) is 20.9 Å². The fraction of sp³-hybridized carbons (Fsp3) is 0.214. The number of halogens is 2. The molecule has 0 bridgehead atoms. The number of alkyl halides is 1. The number of nitrogens with zero attached hydrogens (tertiary/aromatic N) is 1. The van der Waals surface area contributed by atoms with Gasteiger partial charge in [0.2, 0.25) is 0 Å². The predicted octanol–water partition coefficient (Wildman–Crippen LogP) is 4.40. The van der Waals surface area contributed by atoms with Crippen molar-refractivity contribution in [2.75, 3.05) is 0 Å². The Morgan fingerprint density at radius 2 is 1.76 bits per heavy atom. The van der Waals surface area contributed by atoms with E-state index in [0.717, 1.165) is 22.4 Å². The van der Waals surface area contributed by atoms with Gasteiger partial charge in [-0.05, 0) is 37.1 Å². The first kappa shape index (κ1) is 12.2. The van der Waals surface area contributed by atoms with Crippen molar-refractivity contribution in [2.24, 2.45) is 0 Å². The molecule has 0 amide bonds. The second-order valence-electron chi connectivity index (χ2n) is 4.03. The van der Waals surface area contributed by atoms with Gasteiger partial charge in [-0.15, -0.1) is 0 Å². The van der Waals surface area contributed by atoms with Crippen LogP contribution in [0.4, 0.5) is 4.39 Å². The van der Waals surface area contributed by atoms with Gasteiger partial charge in [0.1, 0.15) is 5.82 Å². The van der Waals surface area contributed by atoms with E-state index in [-0.39, 0.29) is 5.82 Å². The Morgan fingerprint density at radius 3 is 2.35 bits per heavy atom. The number of pyridine rings is 1. The van der Waals surface area contributed by atoms with Crippen LogP contribution in [0.15, 0.2) is 30.3 Å². The van der Waals surface area contributed by atoms with E-state index >= 15 is 0 Å². The fourth-order valence-corrected chi connectivity index (χ4v) is 2.33. The molecule has 1 nitrogen and oxygen atoms in total. The molecule has 0 saturated carbocycles. The minimum atomic E-state index is -0.267. The summed E-state index contributed by atoms with van der Waals surface area (Å²) in [5.74, 6) is -0.267. The van der Waals surface area contributed by atoms with Gasteiger partial charge in [0.05, 0.1) is 11.4 Å². The Hall–Kier alpha value is -1.22. The topological polar surface area (TPSA) is 12.9 Å². The first-order valence-corrected chi connectivity index (χ1v) is 6.53. The molecule has 0 aliphatic rings. The summed E-state index contributed by atoms with van der Waals surface area (Å²) >= 11 is 3.25. The van der Waals surface area contributed by atoms with Crippen LogP contribution in [0.2, 0.25) is 0 Å². The summed E-state index contributed by atoms with van der Waals surface area (Å²) in [5.41, 5.74) is 4.69. The zero-order valence-electron chi connectivity index (χ0n) is 9.80. The molecule has 0 atom stereocenters. The average Bonchev–Trinajstić information content (AvgIpc) is 2.31. The normalized spacial score (nSPS) is 10.6. The highest BCUT2D eigenvalue weighted by atomic mass is 79.9. The van der Waals surface area contributed by atoms with E-state index in [1.165, 1.54) is 6.07 Å². The molecule has 2 aromatic rings. The van der Waals surface area contributed by atoms with Crippen LogP contribution in [0.5, 0.6) is 0 Å². The molecule has 2 rings (SSSR count). The van der Waals surface area contributed by atoms with Gasteiger partial charge in [0.15, 0.2) is 0 Å². The monoisotopic (exact) mass is 293 g/mol. The van der Waals surface area contributed by atoms with Crippen molar-refractivity contribution in [1.82, 2.24) is 4.98 Å². The third-order valence-electron chi connectivity index (χ3n) is 2.78. The van der Waals surface area contributed by atoms with Gasteiger partial charge < -0.3 is 0 Å². The Bertz CT molecular complexity index is 532. The van der Waals surface area contributed by atoms with E-state index in [9.17, 15) is 4.39 Å².